The molecular formula is C19H16N6O7. The lowest BCUT2D eigenvalue weighted by Gasteiger charge is -2.16. The number of carbonyl (C=O) groups excluding carboxylic acids is 4. The monoisotopic (exact) mass is 440 g/mol. The molecule has 3 aromatic rings. The molecular weight excluding hydrogens is 424 g/mol. The predicted molar refractivity (Wildman–Crippen MR) is 106 cm³/mol. The first-order chi connectivity index (χ1) is 15.1. The number of hydrogen-bond donors (Lipinski definition) is 4. The van der Waals surface area contributed by atoms with Gasteiger partial charge in [-0.05, 0) is 17.7 Å². The van der Waals surface area contributed by atoms with E-state index >= 15 is 0 Å². The Labute approximate surface area is 179 Å². The summed E-state index contributed by atoms with van der Waals surface area (Å²) < 4.78 is 5.44. The van der Waals surface area contributed by atoms with Crippen LogP contribution in [0.5, 0.6) is 0 Å². The number of fused-ring (bicyclic) bond motifs is 1. The van der Waals surface area contributed by atoms with Gasteiger partial charge in [0.05, 0.1) is 18.9 Å². The van der Waals surface area contributed by atoms with Gasteiger partial charge in [-0.25, -0.2) is 19.1 Å². The lowest BCUT2D eigenvalue weighted by Crippen LogP contribution is -2.38. The number of ether oxygens (including phenoxy) is 1. The number of methoxy groups -OCH3 is 1. The molecule has 1 aromatic carbocycles. The van der Waals surface area contributed by atoms with E-state index in [1.807, 2.05) is 0 Å². The molecule has 0 spiro atoms. The lowest BCUT2D eigenvalue weighted by atomic mass is 10.0. The van der Waals surface area contributed by atoms with Gasteiger partial charge in [-0.1, -0.05) is 12.1 Å². The van der Waals surface area contributed by atoms with Gasteiger partial charge in [0.15, 0.2) is 11.3 Å². The zero-order chi connectivity index (χ0) is 23.6. The fourth-order valence-electron chi connectivity index (χ4n) is 2.86. The summed E-state index contributed by atoms with van der Waals surface area (Å²) in [5.41, 5.74) is 9.77. The van der Waals surface area contributed by atoms with E-state index in [1.165, 1.54) is 31.4 Å². The van der Waals surface area contributed by atoms with Gasteiger partial charge in [0.1, 0.15) is 17.3 Å². The number of benzene rings is 1. The topological polar surface area (TPSA) is 209 Å². The first-order valence-electron chi connectivity index (χ1n) is 8.84. The normalized spacial score (nSPS) is 11.5. The Bertz CT molecular complexity index is 1270. The van der Waals surface area contributed by atoms with Crippen molar-refractivity contribution in [1.82, 2.24) is 19.9 Å². The van der Waals surface area contributed by atoms with Gasteiger partial charge in [-0.3, -0.25) is 14.4 Å². The van der Waals surface area contributed by atoms with E-state index < -0.39 is 47.1 Å². The zero-order valence-electron chi connectivity index (χ0n) is 16.4. The van der Waals surface area contributed by atoms with Crippen molar-refractivity contribution in [3.05, 3.63) is 64.6 Å². The summed E-state index contributed by atoms with van der Waals surface area (Å²) in [6, 6.07) is 5.12. The Balaban J connectivity index is 1.99. The maximum Gasteiger partial charge on any atom is 0.354 e. The smallest absolute Gasteiger partial charge is 0.354 e. The first kappa shape index (κ1) is 21.9. The number of nitrogens with zero attached hydrogens (tertiary/aromatic N) is 3. The molecule has 0 unspecified atom stereocenters. The third-order valence-electron chi connectivity index (χ3n) is 4.41. The third kappa shape index (κ3) is 4.07. The Morgan fingerprint density at radius 1 is 1.12 bits per heavy atom. The highest BCUT2D eigenvalue weighted by atomic mass is 16.5. The highest BCUT2D eigenvalue weighted by Crippen LogP contribution is 2.17. The number of nitrogens with two attached hydrogens (primary N) is 2. The van der Waals surface area contributed by atoms with Gasteiger partial charge in [0, 0.05) is 6.07 Å². The molecule has 0 aliphatic heterocycles. The molecule has 6 N–H and O–H groups in total. The maximum absolute atomic E-state index is 12.8. The van der Waals surface area contributed by atoms with Crippen molar-refractivity contribution < 1.29 is 33.8 Å². The number of aromatic nitrogens is 3. The Morgan fingerprint density at radius 3 is 2.31 bits per heavy atom. The van der Waals surface area contributed by atoms with Gasteiger partial charge in [0.25, 0.3) is 11.8 Å². The van der Waals surface area contributed by atoms with Crippen LogP contribution in [0.25, 0.3) is 5.65 Å². The molecule has 2 heterocycles. The summed E-state index contributed by atoms with van der Waals surface area (Å²) in [7, 11) is 1.21. The van der Waals surface area contributed by atoms with Crippen LogP contribution in [0.1, 0.15) is 53.3 Å². The zero-order valence-corrected chi connectivity index (χ0v) is 16.4. The minimum atomic E-state index is -1.45. The Morgan fingerprint density at radius 2 is 1.78 bits per heavy atom. The summed E-state index contributed by atoms with van der Waals surface area (Å²) in [5.74, 6) is -4.85. The Kier molecular flexibility index (Phi) is 5.82. The molecule has 0 fully saturated rings. The van der Waals surface area contributed by atoms with Crippen LogP contribution in [-0.2, 0) is 9.53 Å². The Hall–Kier alpha value is -4.81. The largest absolute Gasteiger partial charge is 0.477 e. The highest BCUT2D eigenvalue weighted by molar-refractivity contribution is 6.02. The fraction of sp³-hybridized carbons (Fsp3) is 0.105. The molecule has 0 radical (unpaired) electrons. The van der Waals surface area contributed by atoms with Crippen LogP contribution < -0.4 is 16.8 Å². The van der Waals surface area contributed by atoms with Crippen LogP contribution in [0.3, 0.4) is 0 Å². The van der Waals surface area contributed by atoms with Crippen LogP contribution in [0.4, 0.5) is 0 Å². The third-order valence-corrected chi connectivity index (χ3v) is 4.41. The quantitative estimate of drug-likeness (QED) is 0.341. The standard InChI is InChI=1S/C19H16N6O7/c1-32-19(31)9-4-2-8(3-5-9)13(15(21)27)24-17(28)11-6-12(18(29)30)25-16(23-11)10(7-22-25)14(20)26/h2-7,13H,1H3,(H2,20,26)(H2,21,27)(H,24,28)(H,29,30)/t13-/m1/s1. The second-order valence-corrected chi connectivity index (χ2v) is 6.41. The molecule has 0 aliphatic rings. The van der Waals surface area contributed by atoms with Gasteiger partial charge in [-0.2, -0.15) is 5.10 Å². The van der Waals surface area contributed by atoms with Crippen LogP contribution in [-0.4, -0.2) is 56.5 Å². The molecule has 32 heavy (non-hydrogen) atoms. The van der Waals surface area contributed by atoms with Crippen molar-refractivity contribution in [2.45, 2.75) is 6.04 Å². The van der Waals surface area contributed by atoms with E-state index in [9.17, 15) is 29.1 Å². The average molecular weight is 440 g/mol. The highest BCUT2D eigenvalue weighted by Gasteiger charge is 2.25. The maximum atomic E-state index is 12.8. The van der Waals surface area contributed by atoms with Gasteiger partial charge in [0.2, 0.25) is 5.91 Å². The number of aromatic carboxylic acids is 1. The molecule has 13 heteroatoms. The van der Waals surface area contributed by atoms with E-state index in [2.05, 4.69) is 20.1 Å². The number of primary amides is 2. The average Bonchev–Trinajstić information content (AvgIpc) is 3.20. The molecule has 0 aliphatic carbocycles. The molecule has 3 amide bonds. The second kappa shape index (κ2) is 8.51. The van der Waals surface area contributed by atoms with Crippen molar-refractivity contribution in [1.29, 1.82) is 0 Å². The van der Waals surface area contributed by atoms with Crippen molar-refractivity contribution in [3.63, 3.8) is 0 Å². The summed E-state index contributed by atoms with van der Waals surface area (Å²) in [4.78, 5) is 63.4. The van der Waals surface area contributed by atoms with Crippen LogP contribution in [0, 0.1) is 0 Å². The lowest BCUT2D eigenvalue weighted by molar-refractivity contribution is -0.120. The second-order valence-electron chi connectivity index (χ2n) is 6.41. The summed E-state index contributed by atoms with van der Waals surface area (Å²) in [6.07, 6.45) is 1.02. The van der Waals surface area contributed by atoms with E-state index in [-0.39, 0.29) is 22.3 Å². The summed E-state index contributed by atoms with van der Waals surface area (Å²) in [6.45, 7) is 0. The number of nitrogens with one attached hydrogen (secondary N) is 1. The van der Waals surface area contributed by atoms with Crippen LogP contribution >= 0.6 is 0 Å². The summed E-state index contributed by atoms with van der Waals surface area (Å²) >= 11 is 0. The molecule has 13 nitrogen and oxygen atoms in total. The molecule has 164 valence electrons. The van der Waals surface area contributed by atoms with Crippen molar-refractivity contribution in [2.75, 3.05) is 7.11 Å². The van der Waals surface area contributed by atoms with Crippen molar-refractivity contribution in [3.8, 4) is 0 Å². The SMILES string of the molecule is COC(=O)c1ccc([C@@H](NC(=O)c2cc(C(=O)O)n3ncc(C(N)=O)c3n2)C(N)=O)cc1. The first-order valence-corrected chi connectivity index (χ1v) is 8.84. The molecule has 0 saturated carbocycles. The van der Waals surface area contributed by atoms with Crippen LogP contribution in [0.15, 0.2) is 36.5 Å². The van der Waals surface area contributed by atoms with E-state index in [1.54, 1.807) is 0 Å². The molecule has 0 saturated heterocycles. The minimum Gasteiger partial charge on any atom is -0.477 e. The van der Waals surface area contributed by atoms with Gasteiger partial charge < -0.3 is 26.6 Å². The van der Waals surface area contributed by atoms with E-state index in [4.69, 9.17) is 11.5 Å². The number of carboxylic acids is 1. The number of esters is 1. The van der Waals surface area contributed by atoms with Gasteiger partial charge >= 0.3 is 11.9 Å². The predicted octanol–water partition coefficient (Wildman–Crippen LogP) is -0.731. The number of rotatable bonds is 7. The van der Waals surface area contributed by atoms with Crippen LogP contribution in [0.2, 0.25) is 0 Å². The molecule has 1 atom stereocenters. The molecule has 0 bridgehead atoms. The number of hydrogen-bond acceptors (Lipinski definition) is 8. The number of amides is 3. The minimum absolute atomic E-state index is 0.202. The summed E-state index contributed by atoms with van der Waals surface area (Å²) in [5, 5.41) is 15.5. The molecule has 2 aromatic heterocycles. The van der Waals surface area contributed by atoms with E-state index in [0.29, 0.717) is 0 Å². The fourth-order valence-corrected chi connectivity index (χ4v) is 2.86. The molecule has 3 rings (SSSR count). The van der Waals surface area contributed by atoms with E-state index in [0.717, 1.165) is 16.8 Å². The van der Waals surface area contributed by atoms with Crippen molar-refractivity contribution >= 4 is 35.3 Å². The number of carboxylic acid groups (broad SMARTS) is 1. The number of carbonyl (C=O) groups is 5. The van der Waals surface area contributed by atoms with Crippen molar-refractivity contribution in [2.24, 2.45) is 11.5 Å². The van der Waals surface area contributed by atoms with Gasteiger partial charge in [-0.15, -0.1) is 0 Å².